The average Bonchev–Trinajstić information content (AvgIpc) is 2.72. The van der Waals surface area contributed by atoms with Crippen molar-refractivity contribution in [3.63, 3.8) is 0 Å². The van der Waals surface area contributed by atoms with Crippen LogP contribution in [0.1, 0.15) is 0 Å². The molecule has 0 unspecified atom stereocenters. The summed E-state index contributed by atoms with van der Waals surface area (Å²) < 4.78 is 36.4. The van der Waals surface area contributed by atoms with Crippen LogP contribution >= 0.6 is 28.3 Å². The van der Waals surface area contributed by atoms with Crippen molar-refractivity contribution in [3.8, 4) is 11.5 Å². The molecule has 2 aromatic carbocycles. The number of nitrogens with zero attached hydrogens (tertiary/aromatic N) is 2. The van der Waals surface area contributed by atoms with Crippen LogP contribution < -0.4 is 14.8 Å². The van der Waals surface area contributed by atoms with Gasteiger partial charge in [0.1, 0.15) is 24.6 Å². The Balaban J connectivity index is 0.00000320. The van der Waals surface area contributed by atoms with Gasteiger partial charge >= 0.3 is 0 Å². The summed E-state index contributed by atoms with van der Waals surface area (Å²) in [4.78, 5) is 8.54. The lowest BCUT2D eigenvalue weighted by Gasteiger charge is -2.14. The third-order valence-corrected chi connectivity index (χ3v) is 4.52. The number of fused-ring (bicyclic) bond motifs is 1. The number of ether oxygens (including phenoxy) is 4. The molecule has 1 aromatic heterocycles. The fraction of sp³-hybridized carbons (Fsp3) is 0.300. The van der Waals surface area contributed by atoms with Gasteiger partial charge in [-0.1, -0.05) is 15.9 Å². The van der Waals surface area contributed by atoms with Crippen LogP contribution in [0.5, 0.6) is 11.5 Å². The number of rotatable bonds is 10. The molecule has 30 heavy (non-hydrogen) atoms. The van der Waals surface area contributed by atoms with Gasteiger partial charge in [0.2, 0.25) is 0 Å². The van der Waals surface area contributed by atoms with Gasteiger partial charge in [0.05, 0.1) is 38.1 Å². The van der Waals surface area contributed by atoms with E-state index >= 15 is 0 Å². The Morgan fingerprint density at radius 3 is 2.53 bits per heavy atom. The van der Waals surface area contributed by atoms with Crippen molar-refractivity contribution in [1.29, 1.82) is 0 Å². The molecule has 0 atom stereocenters. The maximum absolute atomic E-state index is 14.2. The zero-order valence-corrected chi connectivity index (χ0v) is 18.9. The minimum Gasteiger partial charge on any atom is -0.493 e. The highest BCUT2D eigenvalue weighted by molar-refractivity contribution is 9.10. The first-order valence-electron chi connectivity index (χ1n) is 8.86. The summed E-state index contributed by atoms with van der Waals surface area (Å²) in [6.07, 6.45) is 1.41. The molecule has 3 aromatic rings. The minimum atomic E-state index is -0.397. The van der Waals surface area contributed by atoms with Crippen LogP contribution in [-0.4, -0.2) is 50.6 Å². The largest absolute Gasteiger partial charge is 0.493 e. The third-order valence-electron chi connectivity index (χ3n) is 4.02. The highest BCUT2D eigenvalue weighted by atomic mass is 79.9. The molecule has 0 spiro atoms. The molecule has 7 nitrogen and oxygen atoms in total. The summed E-state index contributed by atoms with van der Waals surface area (Å²) in [7, 11) is 3.17. The summed E-state index contributed by atoms with van der Waals surface area (Å²) >= 11 is 3.25. The van der Waals surface area contributed by atoms with Crippen molar-refractivity contribution in [2.24, 2.45) is 0 Å². The zero-order valence-electron chi connectivity index (χ0n) is 16.5. The van der Waals surface area contributed by atoms with Gasteiger partial charge in [-0.25, -0.2) is 14.4 Å². The molecular weight excluding hydrogens is 481 g/mol. The van der Waals surface area contributed by atoms with E-state index in [4.69, 9.17) is 18.9 Å². The van der Waals surface area contributed by atoms with E-state index in [1.807, 2.05) is 0 Å². The second-order valence-corrected chi connectivity index (χ2v) is 6.86. The molecular formula is C20H22BrClFN3O4. The Labute approximate surface area is 188 Å². The monoisotopic (exact) mass is 501 g/mol. The number of methoxy groups -OCH3 is 2. The first-order chi connectivity index (χ1) is 14.1. The van der Waals surface area contributed by atoms with Crippen molar-refractivity contribution in [1.82, 2.24) is 9.97 Å². The molecule has 0 bridgehead atoms. The molecule has 0 amide bonds. The van der Waals surface area contributed by atoms with Crippen LogP contribution in [0.2, 0.25) is 0 Å². The summed E-state index contributed by atoms with van der Waals surface area (Å²) in [6, 6.07) is 8.28. The van der Waals surface area contributed by atoms with E-state index in [-0.39, 0.29) is 12.4 Å². The molecule has 1 heterocycles. The molecule has 10 heteroatoms. The van der Waals surface area contributed by atoms with E-state index < -0.39 is 5.82 Å². The summed E-state index contributed by atoms with van der Waals surface area (Å²) in [6.45, 7) is 1.81. The summed E-state index contributed by atoms with van der Waals surface area (Å²) in [5.41, 5.74) is 0.942. The van der Waals surface area contributed by atoms with E-state index in [9.17, 15) is 4.39 Å². The summed E-state index contributed by atoms with van der Waals surface area (Å²) in [5, 5.41) is 3.69. The normalized spacial score (nSPS) is 10.5. The van der Waals surface area contributed by atoms with Gasteiger partial charge in [-0.05, 0) is 24.3 Å². The molecule has 1 N–H and O–H groups in total. The smallest absolute Gasteiger partial charge is 0.163 e. The van der Waals surface area contributed by atoms with Crippen molar-refractivity contribution in [2.45, 2.75) is 0 Å². The van der Waals surface area contributed by atoms with Gasteiger partial charge in [-0.2, -0.15) is 0 Å². The van der Waals surface area contributed by atoms with Gasteiger partial charge in [-0.15, -0.1) is 12.4 Å². The lowest BCUT2D eigenvalue weighted by molar-refractivity contribution is 0.0540. The summed E-state index contributed by atoms with van der Waals surface area (Å²) in [5.74, 6) is 1.12. The Morgan fingerprint density at radius 2 is 1.80 bits per heavy atom. The lowest BCUT2D eigenvalue weighted by Crippen LogP contribution is -2.10. The van der Waals surface area contributed by atoms with Gasteiger partial charge in [0.15, 0.2) is 11.5 Å². The number of nitrogens with one attached hydrogen (secondary N) is 1. The molecule has 162 valence electrons. The molecule has 0 aliphatic carbocycles. The molecule has 0 saturated carbocycles. The SMILES string of the molecule is COCCOCCOc1cc2ncnc(Nc3ccc(Br)cc3F)c2cc1OC.Cl. The van der Waals surface area contributed by atoms with E-state index in [2.05, 4.69) is 31.2 Å². The Bertz CT molecular complexity index is 980. The second-order valence-electron chi connectivity index (χ2n) is 5.95. The van der Waals surface area contributed by atoms with Crippen LogP contribution in [0.15, 0.2) is 41.1 Å². The maximum atomic E-state index is 14.2. The van der Waals surface area contributed by atoms with Gasteiger partial charge in [-0.3, -0.25) is 0 Å². The molecule has 0 aliphatic rings. The van der Waals surface area contributed by atoms with E-state index in [0.29, 0.717) is 64.8 Å². The van der Waals surface area contributed by atoms with Crippen LogP contribution in [0.3, 0.4) is 0 Å². The van der Waals surface area contributed by atoms with Crippen molar-refractivity contribution < 1.29 is 23.3 Å². The number of hydrogen-bond acceptors (Lipinski definition) is 7. The van der Waals surface area contributed by atoms with Crippen molar-refractivity contribution in [2.75, 3.05) is 46.0 Å². The molecule has 0 aliphatic heterocycles. The van der Waals surface area contributed by atoms with E-state index in [1.54, 1.807) is 38.5 Å². The van der Waals surface area contributed by atoms with Crippen LogP contribution in [-0.2, 0) is 9.47 Å². The minimum absolute atomic E-state index is 0. The zero-order chi connectivity index (χ0) is 20.6. The number of aromatic nitrogens is 2. The quantitative estimate of drug-likeness (QED) is 0.401. The number of benzene rings is 2. The number of halogens is 3. The third kappa shape index (κ3) is 6.15. The first kappa shape index (κ1) is 24.1. The number of anilines is 2. The predicted octanol–water partition coefficient (Wildman–Crippen LogP) is 4.75. The van der Waals surface area contributed by atoms with Crippen LogP contribution in [0.25, 0.3) is 10.9 Å². The predicted molar refractivity (Wildman–Crippen MR) is 119 cm³/mol. The fourth-order valence-electron chi connectivity index (χ4n) is 2.61. The Hall–Kier alpha value is -2.20. The van der Waals surface area contributed by atoms with Crippen molar-refractivity contribution in [3.05, 3.63) is 46.9 Å². The highest BCUT2D eigenvalue weighted by Crippen LogP contribution is 2.35. The fourth-order valence-corrected chi connectivity index (χ4v) is 2.94. The molecule has 0 saturated heterocycles. The van der Waals surface area contributed by atoms with Gasteiger partial charge < -0.3 is 24.3 Å². The first-order valence-corrected chi connectivity index (χ1v) is 9.66. The van der Waals surface area contributed by atoms with E-state index in [1.165, 1.54) is 12.4 Å². The van der Waals surface area contributed by atoms with E-state index in [0.717, 1.165) is 0 Å². The maximum Gasteiger partial charge on any atom is 0.163 e. The second kappa shape index (κ2) is 11.8. The molecule has 3 rings (SSSR count). The number of hydrogen-bond donors (Lipinski definition) is 1. The van der Waals surface area contributed by atoms with Crippen LogP contribution in [0, 0.1) is 5.82 Å². The Kier molecular flexibility index (Phi) is 9.51. The van der Waals surface area contributed by atoms with Gasteiger partial charge in [0, 0.05) is 23.0 Å². The topological polar surface area (TPSA) is 74.7 Å². The Morgan fingerprint density at radius 1 is 1.00 bits per heavy atom. The van der Waals surface area contributed by atoms with Crippen LogP contribution in [0.4, 0.5) is 15.9 Å². The molecule has 0 radical (unpaired) electrons. The van der Waals surface area contributed by atoms with Gasteiger partial charge in [0.25, 0.3) is 0 Å². The lowest BCUT2D eigenvalue weighted by atomic mass is 10.2. The highest BCUT2D eigenvalue weighted by Gasteiger charge is 2.13. The molecule has 0 fully saturated rings. The average molecular weight is 503 g/mol. The standard InChI is InChI=1S/C20H21BrFN3O4.ClH/c1-26-5-6-28-7-8-29-19-11-17-14(10-18(19)27-2)20(24-12-23-17)25-16-4-3-13(21)9-15(16)22;/h3-4,9-12H,5-8H2,1-2H3,(H,23,24,25);1H. The van der Waals surface area contributed by atoms with Crippen molar-refractivity contribution >= 4 is 50.7 Å².